The molecule has 0 spiro atoms. The Balaban J connectivity index is 0.000000360. The first-order valence-corrected chi connectivity index (χ1v) is 2.34. The molecule has 2 heteroatoms. The van der Waals surface area contributed by atoms with Gasteiger partial charge in [-0.05, 0) is 0 Å². The van der Waals surface area contributed by atoms with Gasteiger partial charge >= 0.3 is 45.1 Å². The summed E-state index contributed by atoms with van der Waals surface area (Å²) in [5.41, 5.74) is 0. The SMILES string of the molecule is P.[Cu][C]1=CC=CC1. The zero-order valence-electron chi connectivity index (χ0n) is 3.95. The summed E-state index contributed by atoms with van der Waals surface area (Å²) in [4.78, 5) is 0. The molecular weight excluding hydrogens is 155 g/mol. The van der Waals surface area contributed by atoms with E-state index in [1.54, 1.807) is 0 Å². The van der Waals surface area contributed by atoms with Gasteiger partial charge in [0.25, 0.3) is 0 Å². The fourth-order valence-corrected chi connectivity index (χ4v) is 0.606. The molecule has 0 aromatic heterocycles. The van der Waals surface area contributed by atoms with Crippen LogP contribution in [0.15, 0.2) is 22.7 Å². The second-order valence-electron chi connectivity index (χ2n) is 1.20. The van der Waals surface area contributed by atoms with Crippen LogP contribution in [0.5, 0.6) is 0 Å². The topological polar surface area (TPSA) is 0 Å². The predicted molar refractivity (Wildman–Crippen MR) is 32.9 cm³/mol. The van der Waals surface area contributed by atoms with Crippen LogP contribution in [-0.4, -0.2) is 0 Å². The molecular formula is C5H8CuP. The molecule has 0 saturated heterocycles. The zero-order valence-corrected chi connectivity index (χ0v) is 6.30. The van der Waals surface area contributed by atoms with E-state index in [2.05, 4.69) is 6.08 Å². The van der Waals surface area contributed by atoms with Crippen LogP contribution >= 0.6 is 9.90 Å². The molecule has 1 unspecified atom stereocenters. The van der Waals surface area contributed by atoms with E-state index in [9.17, 15) is 0 Å². The van der Waals surface area contributed by atoms with Crippen molar-refractivity contribution in [3.63, 3.8) is 0 Å². The van der Waals surface area contributed by atoms with Crippen molar-refractivity contribution in [3.05, 3.63) is 22.7 Å². The second kappa shape index (κ2) is 3.43. The van der Waals surface area contributed by atoms with Crippen molar-refractivity contribution in [2.75, 3.05) is 0 Å². The molecule has 0 saturated carbocycles. The fourth-order valence-electron chi connectivity index (χ4n) is 0.405. The Hall–Kier alpha value is 0.429. The predicted octanol–water partition coefficient (Wildman–Crippen LogP) is 1.44. The van der Waals surface area contributed by atoms with Gasteiger partial charge in [0.05, 0.1) is 0 Å². The van der Waals surface area contributed by atoms with Gasteiger partial charge in [-0.25, -0.2) is 0 Å². The van der Waals surface area contributed by atoms with Crippen LogP contribution in [0.1, 0.15) is 6.42 Å². The Labute approximate surface area is 55.5 Å². The zero-order chi connectivity index (χ0) is 4.41. The van der Waals surface area contributed by atoms with Crippen LogP contribution in [0.25, 0.3) is 0 Å². The third kappa shape index (κ3) is 2.29. The van der Waals surface area contributed by atoms with E-state index in [4.69, 9.17) is 16.0 Å². The molecule has 0 amide bonds. The molecule has 0 fully saturated rings. The van der Waals surface area contributed by atoms with Crippen molar-refractivity contribution in [1.29, 1.82) is 0 Å². The molecule has 1 rings (SSSR count). The van der Waals surface area contributed by atoms with Crippen molar-refractivity contribution in [2.45, 2.75) is 6.42 Å². The summed E-state index contributed by atoms with van der Waals surface area (Å²) >= 11 is 4.93. The van der Waals surface area contributed by atoms with Gasteiger partial charge in [-0.1, -0.05) is 0 Å². The minimum atomic E-state index is 0. The first kappa shape index (κ1) is 7.43. The van der Waals surface area contributed by atoms with Gasteiger partial charge in [0, 0.05) is 0 Å². The Morgan fingerprint density at radius 2 is 2.29 bits per heavy atom. The van der Waals surface area contributed by atoms with E-state index in [-0.39, 0.29) is 9.90 Å². The molecule has 0 bridgehead atoms. The molecule has 1 aliphatic rings. The van der Waals surface area contributed by atoms with E-state index in [1.807, 2.05) is 12.2 Å². The van der Waals surface area contributed by atoms with Crippen LogP contribution in [0, 0.1) is 0 Å². The summed E-state index contributed by atoms with van der Waals surface area (Å²) in [6.07, 6.45) is 6.95. The first-order valence-electron chi connectivity index (χ1n) is 1.87. The average molecular weight is 163 g/mol. The van der Waals surface area contributed by atoms with E-state index in [0.717, 1.165) is 10.9 Å². The maximum atomic E-state index is 4.93. The summed E-state index contributed by atoms with van der Waals surface area (Å²) in [6, 6.07) is 0. The van der Waals surface area contributed by atoms with Crippen LogP contribution in [0.4, 0.5) is 0 Å². The number of hydrogen-bond acceptors (Lipinski definition) is 0. The van der Waals surface area contributed by atoms with Crippen LogP contribution in [0.2, 0.25) is 0 Å². The summed E-state index contributed by atoms with van der Waals surface area (Å²) in [5.74, 6) is 0. The molecule has 0 heterocycles. The quantitative estimate of drug-likeness (QED) is 0.374. The van der Waals surface area contributed by atoms with Crippen molar-refractivity contribution >= 4 is 9.90 Å². The third-order valence-electron chi connectivity index (χ3n) is 0.698. The standard InChI is InChI=1S/C5H5.Cu.H3P/c1-2-4-5-3-1;;/h1-3H,4H2;;1H3. The van der Waals surface area contributed by atoms with Crippen LogP contribution < -0.4 is 0 Å². The maximum absolute atomic E-state index is 4.93. The summed E-state index contributed by atoms with van der Waals surface area (Å²) < 4.78 is 1.03. The van der Waals surface area contributed by atoms with E-state index >= 15 is 0 Å². The van der Waals surface area contributed by atoms with Crippen molar-refractivity contribution in [1.82, 2.24) is 0 Å². The summed E-state index contributed by atoms with van der Waals surface area (Å²) in [5, 5.41) is 0. The fraction of sp³-hybridized carbons (Fsp3) is 0.200. The van der Waals surface area contributed by atoms with E-state index < -0.39 is 0 Å². The van der Waals surface area contributed by atoms with Crippen molar-refractivity contribution < 1.29 is 16.0 Å². The molecule has 0 nitrogen and oxygen atoms in total. The van der Waals surface area contributed by atoms with E-state index in [1.165, 1.54) is 0 Å². The van der Waals surface area contributed by atoms with E-state index in [0.29, 0.717) is 0 Å². The van der Waals surface area contributed by atoms with Crippen molar-refractivity contribution in [3.8, 4) is 0 Å². The minimum absolute atomic E-state index is 0. The Morgan fingerprint density at radius 1 is 1.57 bits per heavy atom. The molecule has 0 radical (unpaired) electrons. The number of hydrogen-bond donors (Lipinski definition) is 0. The van der Waals surface area contributed by atoms with Gasteiger partial charge in [0.1, 0.15) is 0 Å². The summed E-state index contributed by atoms with van der Waals surface area (Å²) in [6.45, 7) is 0. The number of rotatable bonds is 0. The Bertz CT molecular complexity index is 105. The molecule has 1 aliphatic carbocycles. The Kier molecular flexibility index (Phi) is 3.64. The second-order valence-corrected chi connectivity index (χ2v) is 1.80. The van der Waals surface area contributed by atoms with Gasteiger partial charge in [-0.15, -0.1) is 0 Å². The van der Waals surface area contributed by atoms with Gasteiger partial charge in [0.15, 0.2) is 0 Å². The molecule has 0 aliphatic heterocycles. The molecule has 44 valence electrons. The van der Waals surface area contributed by atoms with Gasteiger partial charge in [-0.3, -0.25) is 0 Å². The van der Waals surface area contributed by atoms with Crippen molar-refractivity contribution in [2.24, 2.45) is 0 Å². The van der Waals surface area contributed by atoms with Gasteiger partial charge < -0.3 is 0 Å². The molecule has 0 N–H and O–H groups in total. The van der Waals surface area contributed by atoms with Gasteiger partial charge in [0.2, 0.25) is 0 Å². The van der Waals surface area contributed by atoms with Gasteiger partial charge in [-0.2, -0.15) is 9.90 Å². The molecule has 0 aromatic carbocycles. The first-order chi connectivity index (χ1) is 2.89. The van der Waals surface area contributed by atoms with Crippen LogP contribution in [-0.2, 0) is 16.0 Å². The number of allylic oxidation sites excluding steroid dienone is 4. The normalized spacial score (nSPS) is 16.0. The molecule has 7 heavy (non-hydrogen) atoms. The summed E-state index contributed by atoms with van der Waals surface area (Å²) in [7, 11) is 0. The molecule has 1 atom stereocenters. The average Bonchev–Trinajstić information content (AvgIpc) is 1.86. The Morgan fingerprint density at radius 3 is 2.43 bits per heavy atom. The monoisotopic (exact) mass is 162 g/mol. The molecule has 0 aromatic rings. The third-order valence-corrected chi connectivity index (χ3v) is 1.05. The van der Waals surface area contributed by atoms with Crippen LogP contribution in [0.3, 0.4) is 0 Å².